The molecular weight excluding hydrogens is 392 g/mol. The van der Waals surface area contributed by atoms with Crippen LogP contribution in [0.1, 0.15) is 73.2 Å². The molecule has 1 aromatic rings. The van der Waals surface area contributed by atoms with Gasteiger partial charge in [0.25, 0.3) is 0 Å². The molecular formula is C22H28O6S. The number of ether oxygens (including phenoxy) is 1. The molecule has 7 heteroatoms. The van der Waals surface area contributed by atoms with E-state index in [4.69, 9.17) is 4.74 Å². The van der Waals surface area contributed by atoms with Crippen LogP contribution in [-0.4, -0.2) is 38.1 Å². The molecule has 0 radical (unpaired) electrons. The molecule has 0 aromatic heterocycles. The van der Waals surface area contributed by atoms with Crippen molar-refractivity contribution in [2.75, 3.05) is 12.4 Å². The Balaban J connectivity index is 2.14. The summed E-state index contributed by atoms with van der Waals surface area (Å²) >= 11 is 0. The Morgan fingerprint density at radius 3 is 2.31 bits per heavy atom. The van der Waals surface area contributed by atoms with Crippen LogP contribution in [0.4, 0.5) is 0 Å². The first-order valence-corrected chi connectivity index (χ1v) is 11.6. The Morgan fingerprint density at radius 1 is 1.17 bits per heavy atom. The fourth-order valence-corrected chi connectivity index (χ4v) is 6.59. The maximum atomic E-state index is 13.3. The second-order valence-corrected chi connectivity index (χ2v) is 11.0. The first-order valence-electron chi connectivity index (χ1n) is 9.97. The molecule has 1 atom stereocenters. The lowest BCUT2D eigenvalue weighted by Gasteiger charge is -2.32. The van der Waals surface area contributed by atoms with Crippen molar-refractivity contribution in [2.24, 2.45) is 11.3 Å². The molecule has 2 aliphatic rings. The fraction of sp³-hybridized carbons (Fsp3) is 0.591. The fourth-order valence-electron chi connectivity index (χ4n) is 4.69. The molecule has 0 amide bonds. The van der Waals surface area contributed by atoms with E-state index in [1.807, 2.05) is 20.8 Å². The minimum Gasteiger partial charge on any atom is -0.374 e. The number of fused-ring (bicyclic) bond motifs is 1. The minimum atomic E-state index is -3.48. The second-order valence-electron chi connectivity index (χ2n) is 8.91. The van der Waals surface area contributed by atoms with Crippen molar-refractivity contribution in [3.05, 3.63) is 28.3 Å². The molecule has 0 bridgehead atoms. The Hall–Kier alpha value is -1.86. The van der Waals surface area contributed by atoms with Gasteiger partial charge in [-0.3, -0.25) is 14.4 Å². The molecule has 1 aromatic carbocycles. The van der Waals surface area contributed by atoms with Crippen molar-refractivity contribution < 1.29 is 27.5 Å². The number of hydrogen-bond donors (Lipinski definition) is 0. The van der Waals surface area contributed by atoms with Crippen LogP contribution in [0.25, 0.3) is 0 Å². The van der Waals surface area contributed by atoms with Crippen LogP contribution in [0, 0.1) is 25.2 Å². The van der Waals surface area contributed by atoms with Crippen molar-refractivity contribution >= 4 is 27.2 Å². The summed E-state index contributed by atoms with van der Waals surface area (Å²) in [6, 6.07) is 1.52. The zero-order chi connectivity index (χ0) is 21.7. The Bertz CT molecular complexity index is 983. The summed E-state index contributed by atoms with van der Waals surface area (Å²) in [7, 11) is -3.48. The Kier molecular flexibility index (Phi) is 5.60. The highest BCUT2D eigenvalue weighted by molar-refractivity contribution is 7.91. The maximum absolute atomic E-state index is 13.3. The lowest BCUT2D eigenvalue weighted by molar-refractivity contribution is -0.137. The van der Waals surface area contributed by atoms with Crippen LogP contribution in [0.3, 0.4) is 0 Å². The molecule has 158 valence electrons. The number of benzene rings is 1. The second kappa shape index (κ2) is 7.43. The molecule has 0 N–H and O–H groups in total. The molecule has 0 spiro atoms. The monoisotopic (exact) mass is 420 g/mol. The average molecular weight is 421 g/mol. The molecule has 1 unspecified atom stereocenters. The van der Waals surface area contributed by atoms with Gasteiger partial charge in [0.2, 0.25) is 0 Å². The minimum absolute atomic E-state index is 0.00702. The predicted octanol–water partition coefficient (Wildman–Crippen LogP) is 3.32. The van der Waals surface area contributed by atoms with Crippen LogP contribution in [0.5, 0.6) is 0 Å². The Labute approximate surface area is 171 Å². The van der Waals surface area contributed by atoms with Gasteiger partial charge >= 0.3 is 0 Å². The number of ketones is 3. The zero-order valence-electron chi connectivity index (χ0n) is 17.6. The van der Waals surface area contributed by atoms with E-state index >= 15 is 0 Å². The molecule has 0 saturated heterocycles. The standard InChI is InChI=1S/C22H28O6S/c1-6-28-17-7-8-29(26,27)21-12(2)9-14(13(3)18(17)21)20(25)19-15(23)10-22(4,5)11-16(19)24/h9,17,19H,6-8,10-11H2,1-5H3. The van der Waals surface area contributed by atoms with Crippen LogP contribution >= 0.6 is 0 Å². The van der Waals surface area contributed by atoms with Crippen molar-refractivity contribution in [3.8, 4) is 0 Å². The van der Waals surface area contributed by atoms with Gasteiger partial charge < -0.3 is 4.74 Å². The van der Waals surface area contributed by atoms with Gasteiger partial charge in [0.15, 0.2) is 27.2 Å². The predicted molar refractivity (Wildman–Crippen MR) is 108 cm³/mol. The SMILES string of the molecule is CCOC1CCS(=O)(=O)c2c(C)cc(C(=O)C3C(=O)CC(C)(C)CC3=O)c(C)c21. The summed E-state index contributed by atoms with van der Waals surface area (Å²) in [5.41, 5.74) is 1.24. The van der Waals surface area contributed by atoms with Gasteiger partial charge in [-0.05, 0) is 49.8 Å². The van der Waals surface area contributed by atoms with Gasteiger partial charge in [-0.1, -0.05) is 13.8 Å². The van der Waals surface area contributed by atoms with E-state index in [-0.39, 0.29) is 40.6 Å². The van der Waals surface area contributed by atoms with Crippen molar-refractivity contribution in [1.29, 1.82) is 0 Å². The Morgan fingerprint density at radius 2 is 1.76 bits per heavy atom. The van der Waals surface area contributed by atoms with E-state index in [0.717, 1.165) is 0 Å². The number of carbonyl (C=O) groups excluding carboxylic acids is 3. The number of aryl methyl sites for hydroxylation is 1. The summed E-state index contributed by atoms with van der Waals surface area (Å²) in [5, 5.41) is 0. The third kappa shape index (κ3) is 3.82. The van der Waals surface area contributed by atoms with E-state index in [2.05, 4.69) is 0 Å². The third-order valence-electron chi connectivity index (χ3n) is 5.90. The summed E-state index contributed by atoms with van der Waals surface area (Å²) < 4.78 is 31.2. The van der Waals surface area contributed by atoms with Gasteiger partial charge in [0.1, 0.15) is 5.92 Å². The highest BCUT2D eigenvalue weighted by Gasteiger charge is 2.45. The van der Waals surface area contributed by atoms with E-state index in [9.17, 15) is 22.8 Å². The smallest absolute Gasteiger partial charge is 0.181 e. The third-order valence-corrected chi connectivity index (χ3v) is 7.84. The van der Waals surface area contributed by atoms with Gasteiger partial charge in [-0.2, -0.15) is 0 Å². The zero-order valence-corrected chi connectivity index (χ0v) is 18.4. The molecule has 1 aliphatic heterocycles. The molecule has 3 rings (SSSR count). The van der Waals surface area contributed by atoms with Gasteiger partial charge in [-0.25, -0.2) is 8.42 Å². The van der Waals surface area contributed by atoms with Crippen molar-refractivity contribution in [3.63, 3.8) is 0 Å². The van der Waals surface area contributed by atoms with E-state index in [0.29, 0.717) is 29.7 Å². The van der Waals surface area contributed by atoms with E-state index < -0.39 is 33.1 Å². The molecule has 6 nitrogen and oxygen atoms in total. The number of hydrogen-bond acceptors (Lipinski definition) is 6. The van der Waals surface area contributed by atoms with Gasteiger partial charge in [-0.15, -0.1) is 0 Å². The van der Waals surface area contributed by atoms with E-state index in [1.54, 1.807) is 13.8 Å². The van der Waals surface area contributed by atoms with Gasteiger partial charge in [0.05, 0.1) is 16.8 Å². The molecule has 1 fully saturated rings. The highest BCUT2D eigenvalue weighted by atomic mass is 32.2. The summed E-state index contributed by atoms with van der Waals surface area (Å²) in [6.45, 7) is 9.26. The number of carbonyl (C=O) groups is 3. The topological polar surface area (TPSA) is 94.6 Å². The van der Waals surface area contributed by atoms with E-state index in [1.165, 1.54) is 6.07 Å². The van der Waals surface area contributed by atoms with Gasteiger partial charge in [0, 0.05) is 30.6 Å². The summed E-state index contributed by atoms with van der Waals surface area (Å²) in [5.74, 6) is -2.56. The molecule has 29 heavy (non-hydrogen) atoms. The highest BCUT2D eigenvalue weighted by Crippen LogP contribution is 2.41. The summed E-state index contributed by atoms with van der Waals surface area (Å²) in [4.78, 5) is 38.8. The molecule has 1 saturated carbocycles. The average Bonchev–Trinajstić information content (AvgIpc) is 2.57. The maximum Gasteiger partial charge on any atom is 0.181 e. The normalized spacial score (nSPS) is 23.7. The molecule has 1 heterocycles. The number of Topliss-reactive ketones (excluding diaryl/α,β-unsaturated/α-hetero) is 3. The van der Waals surface area contributed by atoms with Crippen LogP contribution in [-0.2, 0) is 24.2 Å². The van der Waals surface area contributed by atoms with Crippen LogP contribution < -0.4 is 0 Å². The first kappa shape index (κ1) is 21.8. The number of sulfone groups is 1. The first-order chi connectivity index (χ1) is 13.4. The number of rotatable bonds is 4. The lowest BCUT2D eigenvalue weighted by Crippen LogP contribution is -2.42. The quantitative estimate of drug-likeness (QED) is 0.548. The lowest BCUT2D eigenvalue weighted by atomic mass is 9.69. The summed E-state index contributed by atoms with van der Waals surface area (Å²) in [6.07, 6.45) is 0.236. The van der Waals surface area contributed by atoms with Crippen LogP contribution in [0.15, 0.2) is 11.0 Å². The molecule has 1 aliphatic carbocycles. The van der Waals surface area contributed by atoms with Crippen LogP contribution in [0.2, 0.25) is 0 Å². The van der Waals surface area contributed by atoms with Crippen molar-refractivity contribution in [1.82, 2.24) is 0 Å². The van der Waals surface area contributed by atoms with Crippen molar-refractivity contribution in [2.45, 2.75) is 64.9 Å². The largest absolute Gasteiger partial charge is 0.374 e.